The number of benzene rings is 2. The first-order valence-corrected chi connectivity index (χ1v) is 9.42. The van der Waals surface area contributed by atoms with Crippen LogP contribution in [-0.2, 0) is 6.54 Å². The van der Waals surface area contributed by atoms with E-state index in [2.05, 4.69) is 40.2 Å². The molecule has 5 nitrogen and oxygen atoms in total. The topological polar surface area (TPSA) is 68.7 Å². The van der Waals surface area contributed by atoms with Gasteiger partial charge in [-0.25, -0.2) is 0 Å². The van der Waals surface area contributed by atoms with Crippen molar-refractivity contribution in [2.45, 2.75) is 44.2 Å². The van der Waals surface area contributed by atoms with Crippen LogP contribution in [0.5, 0.6) is 0 Å². The fraction of sp³-hybridized carbons (Fsp3) is 0.381. The Morgan fingerprint density at radius 1 is 0.962 bits per heavy atom. The highest BCUT2D eigenvalue weighted by Crippen LogP contribution is 2.39. The van der Waals surface area contributed by atoms with Gasteiger partial charge in [-0.05, 0) is 36.6 Å². The lowest BCUT2D eigenvalue weighted by molar-refractivity contribution is 0.325. The van der Waals surface area contributed by atoms with E-state index in [4.69, 9.17) is 4.99 Å². The third-order valence-corrected chi connectivity index (χ3v) is 5.41. The lowest BCUT2D eigenvalue weighted by atomic mass is 9.79. The summed E-state index contributed by atoms with van der Waals surface area (Å²) in [6.45, 7) is 0.502. The highest BCUT2D eigenvalue weighted by molar-refractivity contribution is 6.09. The summed E-state index contributed by atoms with van der Waals surface area (Å²) in [5, 5.41) is 19.6. The molecule has 2 aromatic rings. The van der Waals surface area contributed by atoms with Crippen molar-refractivity contribution in [1.29, 1.82) is 0 Å². The number of anilines is 3. The molecule has 136 valence electrons. The van der Waals surface area contributed by atoms with E-state index in [-0.39, 0.29) is 12.3 Å². The molecule has 0 unspecified atom stereocenters. The number of aliphatic imine (C=N–C) groups is 1. The normalized spacial score (nSPS) is 19.5. The Kier molecular flexibility index (Phi) is 4.80. The van der Waals surface area contributed by atoms with Crippen molar-refractivity contribution in [1.82, 2.24) is 0 Å². The van der Waals surface area contributed by atoms with Crippen LogP contribution in [0.2, 0.25) is 0 Å². The molecular formula is C21H26N4O. The van der Waals surface area contributed by atoms with Crippen LogP contribution in [0.4, 0.5) is 17.1 Å². The van der Waals surface area contributed by atoms with Gasteiger partial charge in [0.2, 0.25) is 0 Å². The van der Waals surface area contributed by atoms with Crippen molar-refractivity contribution < 1.29 is 5.11 Å². The molecule has 1 spiro atoms. The predicted molar refractivity (Wildman–Crippen MR) is 108 cm³/mol. The Labute approximate surface area is 154 Å². The fourth-order valence-electron chi connectivity index (χ4n) is 4.05. The zero-order valence-electron chi connectivity index (χ0n) is 15.0. The second-order valence-electron chi connectivity index (χ2n) is 7.10. The molecule has 0 aromatic heterocycles. The maximum atomic E-state index is 9.20. The van der Waals surface area contributed by atoms with Gasteiger partial charge in [0.15, 0.2) is 0 Å². The van der Waals surface area contributed by atoms with Gasteiger partial charge in [0, 0.05) is 5.69 Å². The zero-order chi connectivity index (χ0) is 17.8. The largest absolute Gasteiger partial charge is 0.377 e. The monoisotopic (exact) mass is 350 g/mol. The number of amidine groups is 1. The smallest absolute Gasteiger partial charge is 0.127 e. The first kappa shape index (κ1) is 16.9. The average molecular weight is 350 g/mol. The predicted octanol–water partition coefficient (Wildman–Crippen LogP) is 4.19. The molecule has 5 heteroatoms. The Balaban J connectivity index is 1.65. The fourth-order valence-corrected chi connectivity index (χ4v) is 4.05. The molecule has 1 aliphatic heterocycles. The number of aliphatic hydroxyl groups is 1. The third kappa shape index (κ3) is 3.27. The first-order valence-electron chi connectivity index (χ1n) is 9.42. The number of para-hydroxylation sites is 3. The van der Waals surface area contributed by atoms with Crippen molar-refractivity contribution in [3.8, 4) is 0 Å². The van der Waals surface area contributed by atoms with Crippen LogP contribution in [0, 0.1) is 0 Å². The number of rotatable bonds is 4. The van der Waals surface area contributed by atoms with E-state index in [1.165, 1.54) is 19.3 Å². The zero-order valence-corrected chi connectivity index (χ0v) is 15.0. The van der Waals surface area contributed by atoms with Gasteiger partial charge in [0.1, 0.15) is 12.6 Å². The van der Waals surface area contributed by atoms with Crippen molar-refractivity contribution in [3.63, 3.8) is 0 Å². The van der Waals surface area contributed by atoms with Crippen LogP contribution in [0.1, 0.15) is 37.7 Å². The molecule has 2 aliphatic rings. The molecule has 26 heavy (non-hydrogen) atoms. The van der Waals surface area contributed by atoms with Gasteiger partial charge in [-0.1, -0.05) is 49.6 Å². The molecule has 0 saturated heterocycles. The van der Waals surface area contributed by atoms with Crippen molar-refractivity contribution in [2.24, 2.45) is 4.99 Å². The highest BCUT2D eigenvalue weighted by Gasteiger charge is 2.40. The van der Waals surface area contributed by atoms with Gasteiger partial charge in [-0.3, -0.25) is 4.99 Å². The number of hydrogen-bond acceptors (Lipinski definition) is 4. The third-order valence-electron chi connectivity index (χ3n) is 5.41. The molecule has 4 rings (SSSR count). The first-order chi connectivity index (χ1) is 12.8. The quantitative estimate of drug-likeness (QED) is 0.624. The highest BCUT2D eigenvalue weighted by atomic mass is 16.3. The minimum atomic E-state index is -0.0913. The van der Waals surface area contributed by atoms with Crippen LogP contribution in [0.15, 0.2) is 53.5 Å². The van der Waals surface area contributed by atoms with Crippen LogP contribution < -0.4 is 16.0 Å². The van der Waals surface area contributed by atoms with E-state index in [9.17, 15) is 5.11 Å². The number of nitrogens with one attached hydrogen (secondary N) is 3. The van der Waals surface area contributed by atoms with E-state index in [0.29, 0.717) is 6.54 Å². The molecule has 1 fully saturated rings. The molecule has 1 aliphatic carbocycles. The summed E-state index contributed by atoms with van der Waals surface area (Å²) in [6, 6.07) is 16.4. The molecule has 1 saturated carbocycles. The number of nitrogens with zero attached hydrogens (tertiary/aromatic N) is 1. The summed E-state index contributed by atoms with van der Waals surface area (Å²) in [7, 11) is 0. The van der Waals surface area contributed by atoms with Crippen LogP contribution in [0.25, 0.3) is 0 Å². The maximum Gasteiger partial charge on any atom is 0.127 e. The summed E-state index contributed by atoms with van der Waals surface area (Å²) >= 11 is 0. The SMILES string of the molecule is OCNc1ccccc1CN=C1Nc2ccccc2NC12CCCCC2. The molecule has 0 bridgehead atoms. The Hall–Kier alpha value is -2.53. The Morgan fingerprint density at radius 3 is 2.50 bits per heavy atom. The lowest BCUT2D eigenvalue weighted by Gasteiger charge is -2.44. The van der Waals surface area contributed by atoms with E-state index in [0.717, 1.165) is 41.3 Å². The van der Waals surface area contributed by atoms with Crippen LogP contribution in [0.3, 0.4) is 0 Å². The van der Waals surface area contributed by atoms with Gasteiger partial charge >= 0.3 is 0 Å². The lowest BCUT2D eigenvalue weighted by Crippen LogP contribution is -2.53. The van der Waals surface area contributed by atoms with Crippen LogP contribution in [-0.4, -0.2) is 23.2 Å². The summed E-state index contributed by atoms with van der Waals surface area (Å²) in [5.41, 5.74) is 4.17. The molecule has 0 radical (unpaired) electrons. The molecule has 2 aromatic carbocycles. The Bertz CT molecular complexity index is 796. The van der Waals surface area contributed by atoms with E-state index in [1.807, 2.05) is 24.3 Å². The van der Waals surface area contributed by atoms with Gasteiger partial charge in [0.25, 0.3) is 0 Å². The van der Waals surface area contributed by atoms with E-state index < -0.39 is 0 Å². The minimum Gasteiger partial charge on any atom is -0.377 e. The molecule has 0 amide bonds. The van der Waals surface area contributed by atoms with E-state index >= 15 is 0 Å². The number of hydrogen-bond donors (Lipinski definition) is 4. The van der Waals surface area contributed by atoms with Crippen LogP contribution >= 0.6 is 0 Å². The van der Waals surface area contributed by atoms with Gasteiger partial charge in [-0.15, -0.1) is 0 Å². The van der Waals surface area contributed by atoms with Crippen molar-refractivity contribution in [2.75, 3.05) is 22.7 Å². The summed E-state index contributed by atoms with van der Waals surface area (Å²) in [5.74, 6) is 1.04. The Morgan fingerprint density at radius 2 is 1.69 bits per heavy atom. The summed E-state index contributed by atoms with van der Waals surface area (Å²) in [6.07, 6.45) is 5.94. The average Bonchev–Trinajstić information content (AvgIpc) is 2.68. The molecule has 0 atom stereocenters. The van der Waals surface area contributed by atoms with Crippen molar-refractivity contribution in [3.05, 3.63) is 54.1 Å². The standard InChI is InChI=1S/C21H26N4O/c26-15-23-17-9-3-2-8-16(17)14-22-20-21(12-6-1-7-13-21)25-19-11-5-4-10-18(19)24-20/h2-5,8-11,23,25-26H,1,6-7,12-15H2,(H,22,24). The van der Waals surface area contributed by atoms with Gasteiger partial charge in [0.05, 0.1) is 23.5 Å². The second-order valence-corrected chi connectivity index (χ2v) is 7.10. The molecular weight excluding hydrogens is 324 g/mol. The second kappa shape index (κ2) is 7.38. The van der Waals surface area contributed by atoms with Gasteiger partial charge in [-0.2, -0.15) is 0 Å². The molecule has 4 N–H and O–H groups in total. The minimum absolute atomic E-state index is 0.0787. The van der Waals surface area contributed by atoms with E-state index in [1.54, 1.807) is 0 Å². The number of aliphatic hydroxyl groups excluding tert-OH is 1. The summed E-state index contributed by atoms with van der Waals surface area (Å²) in [4.78, 5) is 4.99. The van der Waals surface area contributed by atoms with Crippen molar-refractivity contribution >= 4 is 22.9 Å². The summed E-state index contributed by atoms with van der Waals surface area (Å²) < 4.78 is 0. The maximum absolute atomic E-state index is 9.20. The molecule has 1 heterocycles. The number of fused-ring (bicyclic) bond motifs is 1. The van der Waals surface area contributed by atoms with Gasteiger partial charge < -0.3 is 21.1 Å².